The Morgan fingerprint density at radius 3 is 3.17 bits per heavy atom. The van der Waals surface area contributed by atoms with Crippen LogP contribution in [0.25, 0.3) is 0 Å². The average molecular weight is 170 g/mol. The van der Waals surface area contributed by atoms with E-state index in [1.807, 2.05) is 0 Å². The summed E-state index contributed by atoms with van der Waals surface area (Å²) in [7, 11) is 0. The molecule has 1 rings (SSSR count). The van der Waals surface area contributed by atoms with Gasteiger partial charge in [-0.25, -0.2) is 9.89 Å². The van der Waals surface area contributed by atoms with Gasteiger partial charge in [0.2, 0.25) is 0 Å². The van der Waals surface area contributed by atoms with Crippen LogP contribution in [0.4, 0.5) is 5.82 Å². The van der Waals surface area contributed by atoms with Crippen LogP contribution in [0.2, 0.25) is 0 Å². The highest BCUT2D eigenvalue weighted by Crippen LogP contribution is 1.92. The lowest BCUT2D eigenvalue weighted by molar-refractivity contribution is 0.292. The number of aliphatic hydroxyl groups is 1. The van der Waals surface area contributed by atoms with Gasteiger partial charge in [0.25, 0.3) is 0 Å². The predicted molar refractivity (Wildman–Crippen MR) is 42.8 cm³/mol. The predicted octanol–water partition coefficient (Wildman–Crippen LogP) is -1.04. The van der Waals surface area contributed by atoms with Gasteiger partial charge in [0.15, 0.2) is 5.82 Å². The lowest BCUT2D eigenvalue weighted by Crippen LogP contribution is -2.15. The molecule has 0 saturated heterocycles. The van der Waals surface area contributed by atoms with Gasteiger partial charge in [-0.05, 0) is 6.42 Å². The van der Waals surface area contributed by atoms with Gasteiger partial charge >= 0.3 is 5.69 Å². The number of nitrogens with one attached hydrogen (secondary N) is 2. The van der Waals surface area contributed by atoms with Crippen LogP contribution >= 0.6 is 0 Å². The van der Waals surface area contributed by atoms with Crippen LogP contribution in [-0.2, 0) is 0 Å². The lowest BCUT2D eigenvalue weighted by Gasteiger charge is -2.00. The van der Waals surface area contributed by atoms with E-state index in [4.69, 9.17) is 5.11 Å². The maximum absolute atomic E-state index is 10.6. The van der Waals surface area contributed by atoms with Gasteiger partial charge in [0.05, 0.1) is 6.20 Å². The zero-order valence-electron chi connectivity index (χ0n) is 6.45. The zero-order valence-corrected chi connectivity index (χ0v) is 6.45. The number of aliphatic hydroxyl groups excluding tert-OH is 1. The first-order valence-corrected chi connectivity index (χ1v) is 3.59. The number of anilines is 1. The highest BCUT2D eigenvalue weighted by atomic mass is 16.3. The van der Waals surface area contributed by atoms with E-state index >= 15 is 0 Å². The summed E-state index contributed by atoms with van der Waals surface area (Å²) in [5.41, 5.74) is -0.482. The third-order valence-corrected chi connectivity index (χ3v) is 1.21. The van der Waals surface area contributed by atoms with E-state index in [0.29, 0.717) is 18.8 Å². The molecule has 12 heavy (non-hydrogen) atoms. The Hall–Kier alpha value is -1.43. The van der Waals surface area contributed by atoms with E-state index in [9.17, 15) is 4.79 Å². The van der Waals surface area contributed by atoms with Crippen LogP contribution in [0.1, 0.15) is 6.42 Å². The molecule has 66 valence electrons. The van der Waals surface area contributed by atoms with Gasteiger partial charge in [-0.2, -0.15) is 10.1 Å². The molecule has 0 fully saturated rings. The highest BCUT2D eigenvalue weighted by Gasteiger charge is 1.92. The summed E-state index contributed by atoms with van der Waals surface area (Å²) in [6, 6.07) is 0. The van der Waals surface area contributed by atoms with Crippen molar-refractivity contribution in [1.82, 2.24) is 15.2 Å². The molecule has 0 atom stereocenters. The normalized spacial score (nSPS) is 9.75. The lowest BCUT2D eigenvalue weighted by atomic mass is 10.4. The molecule has 0 aliphatic rings. The first-order chi connectivity index (χ1) is 5.83. The van der Waals surface area contributed by atoms with Gasteiger partial charge in [-0.3, -0.25) is 0 Å². The van der Waals surface area contributed by atoms with Crippen LogP contribution in [0.15, 0.2) is 11.0 Å². The fourth-order valence-electron chi connectivity index (χ4n) is 0.693. The summed E-state index contributed by atoms with van der Waals surface area (Å²) < 4.78 is 0. The smallest absolute Gasteiger partial charge is 0.363 e. The van der Waals surface area contributed by atoms with Gasteiger partial charge in [-0.1, -0.05) is 0 Å². The van der Waals surface area contributed by atoms with Crippen LogP contribution in [0.5, 0.6) is 0 Å². The summed E-state index contributed by atoms with van der Waals surface area (Å²) in [5.74, 6) is 0.423. The van der Waals surface area contributed by atoms with Crippen LogP contribution in [0, 0.1) is 0 Å². The molecule has 0 aliphatic heterocycles. The van der Waals surface area contributed by atoms with Crippen LogP contribution in [0.3, 0.4) is 0 Å². The zero-order chi connectivity index (χ0) is 8.81. The number of nitrogens with zero attached hydrogens (tertiary/aromatic N) is 2. The number of hydrogen-bond acceptors (Lipinski definition) is 5. The molecule has 0 amide bonds. The molecule has 1 aromatic heterocycles. The van der Waals surface area contributed by atoms with E-state index in [0.717, 1.165) is 0 Å². The minimum Gasteiger partial charge on any atom is -0.396 e. The Kier molecular flexibility index (Phi) is 3.21. The standard InChI is InChI=1S/C6H10N4O2/c11-3-1-2-7-5-4-8-10-6(12)9-5/h4,11H,1-3H2,(H2,7,9,10,12). The maximum atomic E-state index is 10.6. The molecule has 0 unspecified atom stereocenters. The second-order valence-electron chi connectivity index (χ2n) is 2.18. The van der Waals surface area contributed by atoms with Crippen molar-refractivity contribution in [2.75, 3.05) is 18.5 Å². The van der Waals surface area contributed by atoms with Crippen molar-refractivity contribution in [3.63, 3.8) is 0 Å². The fourth-order valence-corrected chi connectivity index (χ4v) is 0.693. The quantitative estimate of drug-likeness (QED) is 0.502. The summed E-state index contributed by atoms with van der Waals surface area (Å²) in [5, 5.41) is 17.0. The molecule has 1 aromatic rings. The minimum atomic E-state index is -0.482. The van der Waals surface area contributed by atoms with Crippen LogP contribution in [-0.4, -0.2) is 33.4 Å². The Labute approximate surface area is 68.7 Å². The van der Waals surface area contributed by atoms with Crippen molar-refractivity contribution >= 4 is 5.82 Å². The second kappa shape index (κ2) is 4.45. The van der Waals surface area contributed by atoms with E-state index in [2.05, 4.69) is 20.5 Å². The molecule has 0 aromatic carbocycles. The Balaban J connectivity index is 2.47. The van der Waals surface area contributed by atoms with Gasteiger partial charge in [-0.15, -0.1) is 0 Å². The molecule has 0 bridgehead atoms. The first kappa shape index (κ1) is 8.66. The van der Waals surface area contributed by atoms with E-state index < -0.39 is 5.69 Å². The molecule has 1 heterocycles. The second-order valence-corrected chi connectivity index (χ2v) is 2.18. The van der Waals surface area contributed by atoms with Crippen molar-refractivity contribution in [2.45, 2.75) is 6.42 Å². The Morgan fingerprint density at radius 1 is 1.67 bits per heavy atom. The van der Waals surface area contributed by atoms with Crippen molar-refractivity contribution in [3.05, 3.63) is 16.7 Å². The van der Waals surface area contributed by atoms with Crippen molar-refractivity contribution in [3.8, 4) is 0 Å². The summed E-state index contributed by atoms with van der Waals surface area (Å²) in [6.45, 7) is 0.693. The topological polar surface area (TPSA) is 90.9 Å². The van der Waals surface area contributed by atoms with E-state index in [-0.39, 0.29) is 6.61 Å². The first-order valence-electron chi connectivity index (χ1n) is 3.59. The Bertz CT molecular complexity index is 285. The molecule has 0 spiro atoms. The fraction of sp³-hybridized carbons (Fsp3) is 0.500. The SMILES string of the molecule is O=c1nc(NCCCO)cn[nH]1. The molecule has 0 aliphatic carbocycles. The molecular formula is C6H10N4O2. The number of hydrogen-bond donors (Lipinski definition) is 3. The van der Waals surface area contributed by atoms with E-state index in [1.165, 1.54) is 6.20 Å². The number of rotatable bonds is 4. The molecule has 0 radical (unpaired) electrons. The third kappa shape index (κ3) is 2.67. The van der Waals surface area contributed by atoms with Crippen LogP contribution < -0.4 is 11.0 Å². The number of aromatic nitrogens is 3. The minimum absolute atomic E-state index is 0.115. The highest BCUT2D eigenvalue weighted by molar-refractivity contribution is 5.28. The monoisotopic (exact) mass is 170 g/mol. The summed E-state index contributed by atoms with van der Waals surface area (Å²) in [4.78, 5) is 14.2. The molecule has 6 nitrogen and oxygen atoms in total. The maximum Gasteiger partial charge on any atom is 0.363 e. The third-order valence-electron chi connectivity index (χ3n) is 1.21. The van der Waals surface area contributed by atoms with Crippen molar-refractivity contribution in [2.24, 2.45) is 0 Å². The number of H-pyrrole nitrogens is 1. The van der Waals surface area contributed by atoms with Crippen molar-refractivity contribution < 1.29 is 5.11 Å². The average Bonchev–Trinajstić information content (AvgIpc) is 2.05. The summed E-state index contributed by atoms with van der Waals surface area (Å²) in [6.07, 6.45) is 2.03. The molecule has 0 saturated carbocycles. The number of aromatic amines is 1. The largest absolute Gasteiger partial charge is 0.396 e. The van der Waals surface area contributed by atoms with Gasteiger partial charge < -0.3 is 10.4 Å². The Morgan fingerprint density at radius 2 is 2.50 bits per heavy atom. The van der Waals surface area contributed by atoms with E-state index in [1.54, 1.807) is 0 Å². The molecule has 6 heteroatoms. The van der Waals surface area contributed by atoms with Crippen molar-refractivity contribution in [1.29, 1.82) is 0 Å². The molecule has 3 N–H and O–H groups in total. The van der Waals surface area contributed by atoms with Gasteiger partial charge in [0.1, 0.15) is 0 Å². The van der Waals surface area contributed by atoms with Gasteiger partial charge in [0, 0.05) is 13.2 Å². The summed E-state index contributed by atoms with van der Waals surface area (Å²) >= 11 is 0. The molecular weight excluding hydrogens is 160 g/mol.